The summed E-state index contributed by atoms with van der Waals surface area (Å²) >= 11 is 1.35. The number of sulfone groups is 1. The van der Waals surface area contributed by atoms with Gasteiger partial charge < -0.3 is 9.88 Å². The molecule has 1 N–H and O–H groups in total. The molecular weight excluding hydrogens is 348 g/mol. The fraction of sp³-hybridized carbons (Fsp3) is 0.667. The molecule has 1 saturated carbocycles. The Morgan fingerprint density at radius 2 is 2.21 bits per heavy atom. The van der Waals surface area contributed by atoms with E-state index in [1.54, 1.807) is 6.08 Å². The van der Waals surface area contributed by atoms with Crippen molar-refractivity contribution in [1.82, 2.24) is 20.1 Å². The SMILES string of the molecule is C=CCn1c(S[C@@H](C)C(=O)NC2CC2)nnc1[C@H]1CCS(=O)(=O)C1. The highest BCUT2D eigenvalue weighted by molar-refractivity contribution is 8.00. The molecular formula is C15H22N4O3S2. The second-order valence-electron chi connectivity index (χ2n) is 6.38. The fourth-order valence-electron chi connectivity index (χ4n) is 2.75. The summed E-state index contributed by atoms with van der Waals surface area (Å²) in [6, 6.07) is 0.325. The standard InChI is InChI=1S/C15H22N4O3S2/c1-3-7-19-13(11-6-8-24(21,22)9-11)17-18-15(19)23-10(2)14(20)16-12-4-5-12/h3,10-12H,1,4-9H2,2H3,(H,16,20)/t10-,11-/m0/s1. The molecule has 7 nitrogen and oxygen atoms in total. The minimum Gasteiger partial charge on any atom is -0.352 e. The minimum atomic E-state index is -2.99. The van der Waals surface area contributed by atoms with E-state index < -0.39 is 9.84 Å². The van der Waals surface area contributed by atoms with Gasteiger partial charge in [-0.25, -0.2) is 8.42 Å². The normalized spacial score (nSPS) is 23.8. The number of aromatic nitrogens is 3. The molecule has 0 spiro atoms. The number of nitrogens with one attached hydrogen (secondary N) is 1. The number of carbonyl (C=O) groups is 1. The first kappa shape index (κ1) is 17.5. The van der Waals surface area contributed by atoms with Gasteiger partial charge in [0, 0.05) is 18.5 Å². The average Bonchev–Trinajstić information content (AvgIpc) is 3.14. The van der Waals surface area contributed by atoms with Crippen molar-refractivity contribution in [2.45, 2.75) is 55.1 Å². The van der Waals surface area contributed by atoms with Crippen LogP contribution in [0.25, 0.3) is 0 Å². The fourth-order valence-corrected chi connectivity index (χ4v) is 5.36. The number of allylic oxidation sites excluding steroid dienone is 1. The smallest absolute Gasteiger partial charge is 0.233 e. The maximum absolute atomic E-state index is 12.1. The molecule has 24 heavy (non-hydrogen) atoms. The lowest BCUT2D eigenvalue weighted by atomic mass is 10.1. The summed E-state index contributed by atoms with van der Waals surface area (Å²) in [4.78, 5) is 12.1. The summed E-state index contributed by atoms with van der Waals surface area (Å²) in [5, 5.41) is 11.7. The van der Waals surface area contributed by atoms with E-state index in [1.165, 1.54) is 11.8 Å². The van der Waals surface area contributed by atoms with Crippen LogP contribution in [0.1, 0.15) is 37.9 Å². The Balaban J connectivity index is 1.75. The maximum Gasteiger partial charge on any atom is 0.233 e. The molecule has 2 aliphatic rings. The summed E-state index contributed by atoms with van der Waals surface area (Å²) in [7, 11) is -2.99. The van der Waals surface area contributed by atoms with Crippen LogP contribution >= 0.6 is 11.8 Å². The summed E-state index contributed by atoms with van der Waals surface area (Å²) in [5.74, 6) is 0.854. The van der Waals surface area contributed by atoms with Gasteiger partial charge in [-0.2, -0.15) is 0 Å². The predicted octanol–water partition coefficient (Wildman–Crippen LogP) is 1.13. The molecule has 1 aliphatic carbocycles. The van der Waals surface area contributed by atoms with Crippen molar-refractivity contribution in [1.29, 1.82) is 0 Å². The molecule has 1 amide bonds. The van der Waals surface area contributed by atoms with Gasteiger partial charge in [0.25, 0.3) is 0 Å². The van der Waals surface area contributed by atoms with Gasteiger partial charge in [-0.1, -0.05) is 17.8 Å². The lowest BCUT2D eigenvalue weighted by Gasteiger charge is -2.14. The van der Waals surface area contributed by atoms with E-state index in [0.717, 1.165) is 12.8 Å². The lowest BCUT2D eigenvalue weighted by molar-refractivity contribution is -0.120. The molecule has 3 rings (SSSR count). The zero-order valence-electron chi connectivity index (χ0n) is 13.6. The summed E-state index contributed by atoms with van der Waals surface area (Å²) in [5.41, 5.74) is 0. The van der Waals surface area contributed by atoms with Gasteiger partial charge in [-0.15, -0.1) is 16.8 Å². The van der Waals surface area contributed by atoms with Crippen molar-refractivity contribution in [3.8, 4) is 0 Å². The summed E-state index contributed by atoms with van der Waals surface area (Å²) in [6.45, 7) is 6.09. The largest absolute Gasteiger partial charge is 0.352 e. The number of hydrogen-bond donors (Lipinski definition) is 1. The van der Waals surface area contributed by atoms with Crippen LogP contribution in [0, 0.1) is 0 Å². The Hall–Kier alpha value is -1.35. The first-order valence-electron chi connectivity index (χ1n) is 8.11. The van der Waals surface area contributed by atoms with E-state index in [2.05, 4.69) is 22.1 Å². The molecule has 9 heteroatoms. The van der Waals surface area contributed by atoms with E-state index in [-0.39, 0.29) is 28.6 Å². The molecule has 2 atom stereocenters. The van der Waals surface area contributed by atoms with E-state index in [9.17, 15) is 13.2 Å². The number of rotatable bonds is 7. The van der Waals surface area contributed by atoms with Crippen molar-refractivity contribution < 1.29 is 13.2 Å². The maximum atomic E-state index is 12.1. The molecule has 0 unspecified atom stereocenters. The van der Waals surface area contributed by atoms with Gasteiger partial charge in [0.2, 0.25) is 5.91 Å². The molecule has 2 fully saturated rings. The van der Waals surface area contributed by atoms with Gasteiger partial charge in [0.15, 0.2) is 15.0 Å². The van der Waals surface area contributed by atoms with Crippen molar-refractivity contribution in [3.05, 3.63) is 18.5 Å². The minimum absolute atomic E-state index is 0.000599. The van der Waals surface area contributed by atoms with Gasteiger partial charge >= 0.3 is 0 Å². The average molecular weight is 371 g/mol. The van der Waals surface area contributed by atoms with Gasteiger partial charge in [-0.3, -0.25) is 4.79 Å². The Morgan fingerprint density at radius 3 is 2.79 bits per heavy atom. The highest BCUT2D eigenvalue weighted by atomic mass is 32.2. The quantitative estimate of drug-likeness (QED) is 0.571. The lowest BCUT2D eigenvalue weighted by Crippen LogP contribution is -2.32. The van der Waals surface area contributed by atoms with Crippen LogP contribution in [0.4, 0.5) is 0 Å². The monoisotopic (exact) mass is 370 g/mol. The number of amides is 1. The van der Waals surface area contributed by atoms with Crippen molar-refractivity contribution in [3.63, 3.8) is 0 Å². The van der Waals surface area contributed by atoms with Crippen LogP contribution in [0.15, 0.2) is 17.8 Å². The van der Waals surface area contributed by atoms with Gasteiger partial charge in [0.05, 0.1) is 16.8 Å². The van der Waals surface area contributed by atoms with Gasteiger partial charge in [-0.05, 0) is 26.2 Å². The molecule has 0 aromatic carbocycles. The van der Waals surface area contributed by atoms with Crippen LogP contribution < -0.4 is 5.32 Å². The third kappa shape index (κ3) is 4.00. The van der Waals surface area contributed by atoms with Crippen LogP contribution in [0.2, 0.25) is 0 Å². The first-order chi connectivity index (χ1) is 11.4. The van der Waals surface area contributed by atoms with E-state index in [4.69, 9.17) is 0 Å². The van der Waals surface area contributed by atoms with Crippen LogP contribution in [0.5, 0.6) is 0 Å². The van der Waals surface area contributed by atoms with Crippen molar-refractivity contribution in [2.75, 3.05) is 11.5 Å². The number of hydrogen-bond acceptors (Lipinski definition) is 6. The summed E-state index contributed by atoms with van der Waals surface area (Å²) < 4.78 is 25.3. The topological polar surface area (TPSA) is 93.9 Å². The molecule has 0 radical (unpaired) electrons. The van der Waals surface area contributed by atoms with E-state index in [0.29, 0.717) is 30.0 Å². The Bertz CT molecular complexity index is 740. The zero-order valence-corrected chi connectivity index (χ0v) is 15.3. The first-order valence-corrected chi connectivity index (χ1v) is 10.8. The van der Waals surface area contributed by atoms with Gasteiger partial charge in [0.1, 0.15) is 5.82 Å². The van der Waals surface area contributed by atoms with E-state index in [1.807, 2.05) is 11.5 Å². The Labute approximate surface area is 146 Å². The molecule has 1 aromatic heterocycles. The third-order valence-corrected chi connectivity index (χ3v) is 7.08. The van der Waals surface area contributed by atoms with Crippen molar-refractivity contribution in [2.24, 2.45) is 0 Å². The molecule has 0 bridgehead atoms. The number of carbonyl (C=O) groups excluding carboxylic acids is 1. The number of nitrogens with zero attached hydrogens (tertiary/aromatic N) is 3. The number of thioether (sulfide) groups is 1. The highest BCUT2D eigenvalue weighted by Gasteiger charge is 2.34. The van der Waals surface area contributed by atoms with Crippen LogP contribution in [-0.2, 0) is 21.2 Å². The molecule has 1 aromatic rings. The summed E-state index contributed by atoms with van der Waals surface area (Å²) in [6.07, 6.45) is 4.40. The Kier molecular flexibility index (Phi) is 5.00. The third-order valence-electron chi connectivity index (χ3n) is 4.23. The zero-order chi connectivity index (χ0) is 17.3. The molecule has 1 aliphatic heterocycles. The van der Waals surface area contributed by atoms with Crippen LogP contribution in [0.3, 0.4) is 0 Å². The second-order valence-corrected chi connectivity index (χ2v) is 9.92. The molecule has 2 heterocycles. The van der Waals surface area contributed by atoms with Crippen molar-refractivity contribution >= 4 is 27.5 Å². The molecule has 1 saturated heterocycles. The van der Waals surface area contributed by atoms with E-state index >= 15 is 0 Å². The molecule has 132 valence electrons. The Morgan fingerprint density at radius 1 is 1.46 bits per heavy atom. The van der Waals surface area contributed by atoms with Crippen LogP contribution in [-0.4, -0.2) is 51.9 Å². The highest BCUT2D eigenvalue weighted by Crippen LogP contribution is 2.31. The second kappa shape index (κ2) is 6.87. The predicted molar refractivity (Wildman–Crippen MR) is 92.7 cm³/mol.